The normalized spacial score (nSPS) is 9.29. The number of rotatable bonds is 3. The lowest BCUT2D eigenvalue weighted by atomic mass is 10.3. The highest BCUT2D eigenvalue weighted by Gasteiger charge is 1.93. The summed E-state index contributed by atoms with van der Waals surface area (Å²) in [4.78, 5) is 19.1. The maximum Gasteiger partial charge on any atom is 0.328 e. The van der Waals surface area contributed by atoms with E-state index in [2.05, 4.69) is 0 Å². The Hall–Kier alpha value is -1.72. The second-order valence-corrected chi connectivity index (χ2v) is 3.43. The van der Waals surface area contributed by atoms with Crippen molar-refractivity contribution < 1.29 is 19.8 Å². The Kier molecular flexibility index (Phi) is 7.58. The van der Waals surface area contributed by atoms with Crippen LogP contribution in [0.4, 0.5) is 5.69 Å². The van der Waals surface area contributed by atoms with Gasteiger partial charge >= 0.3 is 11.9 Å². The number of hydrogen-bond donors (Lipinski definition) is 2. The first kappa shape index (κ1) is 15.3. The molecular formula is C10H9Cl2NO4. The van der Waals surface area contributed by atoms with Crippen molar-refractivity contribution in [3.05, 3.63) is 42.5 Å². The van der Waals surface area contributed by atoms with Gasteiger partial charge in [-0.05, 0) is 12.1 Å². The third-order valence-corrected chi connectivity index (χ3v) is 1.71. The van der Waals surface area contributed by atoms with Crippen molar-refractivity contribution in [2.24, 2.45) is 0 Å². The van der Waals surface area contributed by atoms with Crippen LogP contribution in [0.3, 0.4) is 0 Å². The summed E-state index contributed by atoms with van der Waals surface area (Å²) >= 11 is 10.8. The van der Waals surface area contributed by atoms with Crippen molar-refractivity contribution in [2.45, 2.75) is 0 Å². The molecular weight excluding hydrogens is 269 g/mol. The van der Waals surface area contributed by atoms with E-state index in [0.717, 1.165) is 9.63 Å². The number of hydrogen-bond acceptors (Lipinski definition) is 3. The zero-order valence-electron chi connectivity index (χ0n) is 8.46. The summed E-state index contributed by atoms with van der Waals surface area (Å²) in [5.41, 5.74) is 0.779. The van der Waals surface area contributed by atoms with Crippen LogP contribution in [0, 0.1) is 0 Å². The predicted molar refractivity (Wildman–Crippen MR) is 65.0 cm³/mol. The number of carbonyl (C=O) groups is 2. The topological polar surface area (TPSA) is 77.8 Å². The third kappa shape index (κ3) is 9.22. The molecule has 0 bridgehead atoms. The molecule has 0 aliphatic heterocycles. The van der Waals surface area contributed by atoms with E-state index in [1.165, 1.54) is 0 Å². The molecule has 0 aliphatic rings. The molecule has 17 heavy (non-hydrogen) atoms. The summed E-state index contributed by atoms with van der Waals surface area (Å²) in [5, 5.41) is 15.6. The van der Waals surface area contributed by atoms with Gasteiger partial charge in [-0.2, -0.15) is 3.94 Å². The summed E-state index contributed by atoms with van der Waals surface area (Å²) in [5.74, 6) is -2.51. The van der Waals surface area contributed by atoms with Crippen LogP contribution in [-0.2, 0) is 9.59 Å². The first-order valence-corrected chi connectivity index (χ1v) is 4.91. The summed E-state index contributed by atoms with van der Waals surface area (Å²) in [7, 11) is 0. The number of anilines is 1. The number of carboxylic acid groups (broad SMARTS) is 2. The zero-order valence-corrected chi connectivity index (χ0v) is 9.97. The van der Waals surface area contributed by atoms with Gasteiger partial charge < -0.3 is 10.2 Å². The molecule has 0 aliphatic carbocycles. The predicted octanol–water partition coefficient (Wildman–Crippen LogP) is 2.51. The Morgan fingerprint density at radius 1 is 1.00 bits per heavy atom. The van der Waals surface area contributed by atoms with Crippen molar-refractivity contribution in [3.8, 4) is 0 Å². The molecule has 0 saturated heterocycles. The largest absolute Gasteiger partial charge is 0.478 e. The average Bonchev–Trinajstić information content (AvgIpc) is 2.28. The molecule has 0 atom stereocenters. The quantitative estimate of drug-likeness (QED) is 0.656. The SMILES string of the molecule is ClN(Cl)c1ccccc1.O=C(O)/C=C\C(=O)O. The minimum Gasteiger partial charge on any atom is -0.478 e. The molecule has 0 aromatic heterocycles. The second kappa shape index (κ2) is 8.43. The van der Waals surface area contributed by atoms with E-state index in [0.29, 0.717) is 12.2 Å². The van der Waals surface area contributed by atoms with Gasteiger partial charge in [0, 0.05) is 35.7 Å². The van der Waals surface area contributed by atoms with Gasteiger partial charge in [-0.3, -0.25) is 0 Å². The highest BCUT2D eigenvalue weighted by atomic mass is 35.5. The minimum absolute atomic E-state index is 0.558. The molecule has 5 nitrogen and oxygen atoms in total. The molecule has 0 saturated carbocycles. The summed E-state index contributed by atoms with van der Waals surface area (Å²) in [6.07, 6.45) is 1.12. The smallest absolute Gasteiger partial charge is 0.328 e. The molecule has 0 heterocycles. The second-order valence-electron chi connectivity index (χ2n) is 2.58. The van der Waals surface area contributed by atoms with E-state index in [1.807, 2.05) is 30.3 Å². The average molecular weight is 278 g/mol. The fourth-order valence-electron chi connectivity index (χ4n) is 0.683. The highest BCUT2D eigenvalue weighted by molar-refractivity contribution is 6.49. The number of halogens is 2. The lowest BCUT2D eigenvalue weighted by Gasteiger charge is -2.02. The van der Waals surface area contributed by atoms with Gasteiger partial charge in [0.25, 0.3) is 0 Å². The van der Waals surface area contributed by atoms with Crippen LogP contribution in [-0.4, -0.2) is 22.2 Å². The van der Waals surface area contributed by atoms with E-state index in [4.69, 9.17) is 33.8 Å². The van der Waals surface area contributed by atoms with E-state index in [9.17, 15) is 9.59 Å². The van der Waals surface area contributed by atoms with Crippen LogP contribution in [0.25, 0.3) is 0 Å². The summed E-state index contributed by atoms with van der Waals surface area (Å²) in [6, 6.07) is 9.28. The van der Waals surface area contributed by atoms with Crippen LogP contribution in [0.1, 0.15) is 0 Å². The lowest BCUT2D eigenvalue weighted by molar-refractivity contribution is -0.134. The third-order valence-electron chi connectivity index (χ3n) is 1.32. The van der Waals surface area contributed by atoms with Crippen molar-refractivity contribution in [1.29, 1.82) is 0 Å². The Morgan fingerprint density at radius 2 is 1.41 bits per heavy atom. The van der Waals surface area contributed by atoms with Gasteiger partial charge in [0.1, 0.15) is 0 Å². The van der Waals surface area contributed by atoms with Crippen molar-refractivity contribution >= 4 is 41.2 Å². The Morgan fingerprint density at radius 3 is 1.65 bits per heavy atom. The molecule has 1 aromatic rings. The molecule has 1 aromatic carbocycles. The van der Waals surface area contributed by atoms with Crippen LogP contribution >= 0.6 is 23.6 Å². The van der Waals surface area contributed by atoms with Crippen LogP contribution in [0.15, 0.2) is 42.5 Å². The number of carboxylic acids is 2. The van der Waals surface area contributed by atoms with Gasteiger partial charge in [0.15, 0.2) is 0 Å². The van der Waals surface area contributed by atoms with Gasteiger partial charge in [-0.1, -0.05) is 18.2 Å². The monoisotopic (exact) mass is 277 g/mol. The molecule has 1 rings (SSSR count). The van der Waals surface area contributed by atoms with Gasteiger partial charge in [-0.25, -0.2) is 9.59 Å². The number of para-hydroxylation sites is 1. The Balaban J connectivity index is 0.000000304. The highest BCUT2D eigenvalue weighted by Crippen LogP contribution is 2.16. The molecule has 0 radical (unpaired) electrons. The van der Waals surface area contributed by atoms with Gasteiger partial charge in [-0.15, -0.1) is 0 Å². The maximum atomic E-state index is 9.55. The Labute approximate surface area is 108 Å². The first-order chi connectivity index (χ1) is 7.93. The fourth-order valence-corrected chi connectivity index (χ4v) is 0.909. The van der Waals surface area contributed by atoms with Crippen LogP contribution in [0.2, 0.25) is 0 Å². The summed E-state index contributed by atoms with van der Waals surface area (Å²) in [6.45, 7) is 0. The van der Waals surface area contributed by atoms with E-state index in [-0.39, 0.29) is 0 Å². The number of aliphatic carboxylic acids is 2. The van der Waals surface area contributed by atoms with Crippen LogP contribution < -0.4 is 3.94 Å². The Bertz CT molecular complexity index is 377. The van der Waals surface area contributed by atoms with E-state index in [1.54, 1.807) is 0 Å². The van der Waals surface area contributed by atoms with Crippen molar-refractivity contribution in [2.75, 3.05) is 3.94 Å². The fraction of sp³-hybridized carbons (Fsp3) is 0. The lowest BCUT2D eigenvalue weighted by Crippen LogP contribution is -1.91. The maximum absolute atomic E-state index is 9.55. The van der Waals surface area contributed by atoms with Gasteiger partial charge in [0.05, 0.1) is 5.69 Å². The first-order valence-electron chi connectivity index (χ1n) is 4.24. The molecule has 92 valence electrons. The molecule has 0 spiro atoms. The van der Waals surface area contributed by atoms with Gasteiger partial charge in [0.2, 0.25) is 0 Å². The minimum atomic E-state index is -1.26. The van der Waals surface area contributed by atoms with E-state index < -0.39 is 11.9 Å². The molecule has 7 heteroatoms. The van der Waals surface area contributed by atoms with E-state index >= 15 is 0 Å². The van der Waals surface area contributed by atoms with Crippen molar-refractivity contribution in [3.63, 3.8) is 0 Å². The number of nitrogens with zero attached hydrogens (tertiary/aromatic N) is 1. The zero-order chi connectivity index (χ0) is 13.3. The molecule has 0 fully saturated rings. The van der Waals surface area contributed by atoms with Crippen molar-refractivity contribution in [1.82, 2.24) is 0 Å². The molecule has 0 amide bonds. The number of benzene rings is 1. The van der Waals surface area contributed by atoms with Crippen LogP contribution in [0.5, 0.6) is 0 Å². The molecule has 0 unspecified atom stereocenters. The molecule has 2 N–H and O–H groups in total. The summed E-state index contributed by atoms with van der Waals surface area (Å²) < 4.78 is 1.03. The standard InChI is InChI=1S/C6H5Cl2N.C4H4O4/c7-9(8)6-4-2-1-3-5-6;5-3(6)1-2-4(7)8/h1-5H;1-2H,(H,5,6)(H,7,8)/b;2-1-.